The van der Waals surface area contributed by atoms with Gasteiger partial charge in [-0.3, -0.25) is 14.9 Å². The van der Waals surface area contributed by atoms with E-state index in [4.69, 9.17) is 5.14 Å². The van der Waals surface area contributed by atoms with Crippen molar-refractivity contribution in [3.8, 4) is 0 Å². The van der Waals surface area contributed by atoms with Gasteiger partial charge in [0.25, 0.3) is 0 Å². The third kappa shape index (κ3) is 3.06. The average molecular weight is 333 g/mol. The van der Waals surface area contributed by atoms with Crippen LogP contribution < -0.4 is 14.9 Å². The number of nitrogens with two attached hydrogens (primary N) is 1. The number of nitrogens with zero attached hydrogens (tertiary/aromatic N) is 2. The Balaban J connectivity index is 1.83. The van der Waals surface area contributed by atoms with Crippen molar-refractivity contribution >= 4 is 33.0 Å². The van der Waals surface area contributed by atoms with E-state index in [1.807, 2.05) is 0 Å². The molecule has 1 saturated heterocycles. The molecule has 1 aliphatic rings. The molecule has 0 aromatic heterocycles. The summed E-state index contributed by atoms with van der Waals surface area (Å²) in [4.78, 5) is 16.2. The van der Waals surface area contributed by atoms with Crippen LogP contribution in [0.15, 0.2) is 53.4 Å². The predicted molar refractivity (Wildman–Crippen MR) is 90.6 cm³/mol. The van der Waals surface area contributed by atoms with Crippen molar-refractivity contribution in [3.05, 3.63) is 54.3 Å². The zero-order chi connectivity index (χ0) is 16.6. The molecule has 0 aliphatic carbocycles. The molecule has 2 amide bonds. The second kappa shape index (κ2) is 5.68. The van der Waals surface area contributed by atoms with E-state index < -0.39 is 9.71 Å². The molecule has 0 bridgehead atoms. The van der Waals surface area contributed by atoms with Gasteiger partial charge >= 0.3 is 6.03 Å². The Hall–Kier alpha value is -2.38. The summed E-state index contributed by atoms with van der Waals surface area (Å²) in [5.41, 5.74) is 1.34. The lowest BCUT2D eigenvalue weighted by atomic mass is 10.3. The van der Waals surface area contributed by atoms with E-state index in [9.17, 15) is 13.4 Å². The number of hydrogen-bond donors (Lipinski definition) is 1. The highest BCUT2D eigenvalue weighted by Gasteiger charge is 2.30. The summed E-state index contributed by atoms with van der Waals surface area (Å²) >= 11 is 0. The highest BCUT2D eigenvalue weighted by molar-refractivity contribution is 7.98. The highest BCUT2D eigenvalue weighted by Crippen LogP contribution is 2.26. The van der Waals surface area contributed by atoms with Crippen molar-refractivity contribution in [1.29, 1.82) is 0 Å². The minimum atomic E-state index is -2.76. The van der Waals surface area contributed by atoms with Crippen LogP contribution in [-0.2, 0) is 9.71 Å². The summed E-state index contributed by atoms with van der Waals surface area (Å²) in [5, 5.41) is 5.50. The summed E-state index contributed by atoms with van der Waals surface area (Å²) in [6, 6.07) is 12.2. The first-order valence-electron chi connectivity index (χ1n) is 6.96. The smallest absolute Gasteiger partial charge is 0.292 e. The lowest BCUT2D eigenvalue weighted by molar-refractivity contribution is 0.256. The molecule has 0 saturated carbocycles. The van der Waals surface area contributed by atoms with Crippen molar-refractivity contribution in [2.24, 2.45) is 5.14 Å². The molecule has 0 spiro atoms. The molecular weight excluding hydrogens is 317 g/mol. The van der Waals surface area contributed by atoms with Crippen LogP contribution in [0.25, 0.3) is 0 Å². The highest BCUT2D eigenvalue weighted by atomic mass is 32.2. The quantitative estimate of drug-likeness (QED) is 0.875. The van der Waals surface area contributed by atoms with Crippen LogP contribution >= 0.6 is 0 Å². The molecular formula is C16H16FN3O2S. The van der Waals surface area contributed by atoms with Gasteiger partial charge in [0.05, 0.1) is 9.71 Å². The topological polar surface area (TPSA) is 66.6 Å². The number of anilines is 2. The maximum Gasteiger partial charge on any atom is 0.329 e. The summed E-state index contributed by atoms with van der Waals surface area (Å²) in [6.07, 6.45) is 0. The van der Waals surface area contributed by atoms with E-state index in [2.05, 4.69) is 5.87 Å². The van der Waals surface area contributed by atoms with Crippen LogP contribution in [0.1, 0.15) is 0 Å². The first-order chi connectivity index (χ1) is 10.9. The van der Waals surface area contributed by atoms with E-state index in [1.54, 1.807) is 46.2 Å². The van der Waals surface area contributed by atoms with E-state index in [1.165, 1.54) is 12.1 Å². The fourth-order valence-electron chi connectivity index (χ4n) is 2.49. The number of rotatable bonds is 3. The summed E-state index contributed by atoms with van der Waals surface area (Å²) in [7, 11) is -2.76. The van der Waals surface area contributed by atoms with Gasteiger partial charge < -0.3 is 0 Å². The molecule has 2 aromatic rings. The van der Waals surface area contributed by atoms with E-state index >= 15 is 0 Å². The van der Waals surface area contributed by atoms with Gasteiger partial charge in [0, 0.05) is 29.4 Å². The van der Waals surface area contributed by atoms with Gasteiger partial charge in [-0.2, -0.15) is 0 Å². The monoisotopic (exact) mass is 333 g/mol. The van der Waals surface area contributed by atoms with Crippen molar-refractivity contribution in [2.75, 3.05) is 22.9 Å². The lowest BCUT2D eigenvalue weighted by Gasteiger charge is -2.19. The zero-order valence-electron chi connectivity index (χ0n) is 12.3. The Bertz CT molecular complexity index is 833. The molecule has 3 rings (SSSR count). The largest absolute Gasteiger partial charge is 0.329 e. The van der Waals surface area contributed by atoms with Gasteiger partial charge in [-0.25, -0.2) is 13.4 Å². The van der Waals surface area contributed by atoms with Gasteiger partial charge in [-0.05, 0) is 54.4 Å². The molecule has 23 heavy (non-hydrogen) atoms. The van der Waals surface area contributed by atoms with Crippen LogP contribution in [0.4, 0.5) is 20.6 Å². The zero-order valence-corrected chi connectivity index (χ0v) is 13.1. The summed E-state index contributed by atoms with van der Waals surface area (Å²) in [5.74, 6) is 3.09. The second-order valence-corrected chi connectivity index (χ2v) is 7.21. The third-order valence-corrected chi connectivity index (χ3v) is 4.76. The van der Waals surface area contributed by atoms with Gasteiger partial charge in [-0.15, -0.1) is 0 Å². The molecule has 1 heterocycles. The summed E-state index contributed by atoms with van der Waals surface area (Å²) < 4.78 is 24.7. The van der Waals surface area contributed by atoms with E-state index in [-0.39, 0.29) is 11.8 Å². The fourth-order valence-corrected chi connectivity index (χ4v) is 3.09. The standard InChI is InChI=1S/C16H16FN3O2S/c1-23(18,22)15-8-6-14(7-9-15)20-11-10-19(16(20)21)13-4-2-12(17)3-5-13/h2-9H,1,10-11H2,(H2,18,22). The maximum absolute atomic E-state index is 13.0. The molecule has 1 atom stereocenters. The SMILES string of the molecule is C=S(N)(=O)c1ccc(N2CCN(c3ccc(F)cc3)C2=O)cc1. The molecule has 1 unspecified atom stereocenters. The molecule has 1 fully saturated rings. The molecule has 7 heteroatoms. The Morgan fingerprint density at radius 2 is 1.39 bits per heavy atom. The normalized spacial score (nSPS) is 17.4. The van der Waals surface area contributed by atoms with Crippen LogP contribution in [0.5, 0.6) is 0 Å². The molecule has 2 N–H and O–H groups in total. The molecule has 2 aromatic carbocycles. The first-order valence-corrected chi connectivity index (χ1v) is 8.75. The average Bonchev–Trinajstić information content (AvgIpc) is 2.89. The van der Waals surface area contributed by atoms with Gasteiger partial charge in [-0.1, -0.05) is 0 Å². The second-order valence-electron chi connectivity index (χ2n) is 5.28. The predicted octanol–water partition coefficient (Wildman–Crippen LogP) is 2.22. The Kier molecular flexibility index (Phi) is 3.83. The van der Waals surface area contributed by atoms with Crippen LogP contribution in [0.3, 0.4) is 0 Å². The Morgan fingerprint density at radius 3 is 1.83 bits per heavy atom. The minimum absolute atomic E-state index is 0.188. The van der Waals surface area contributed by atoms with Crippen LogP contribution in [0, 0.1) is 5.82 Å². The summed E-state index contributed by atoms with van der Waals surface area (Å²) in [6.45, 7) is 1.02. The maximum atomic E-state index is 13.0. The number of hydrogen-bond acceptors (Lipinski definition) is 2. The van der Waals surface area contributed by atoms with E-state index in [0.29, 0.717) is 29.4 Å². The Morgan fingerprint density at radius 1 is 0.957 bits per heavy atom. The van der Waals surface area contributed by atoms with Gasteiger partial charge in [0.1, 0.15) is 5.82 Å². The number of carbonyl (C=O) groups excluding carboxylic acids is 1. The molecule has 120 valence electrons. The number of carbonyl (C=O) groups is 1. The van der Waals surface area contributed by atoms with Gasteiger partial charge in [0.15, 0.2) is 0 Å². The molecule has 1 aliphatic heterocycles. The van der Waals surface area contributed by atoms with E-state index in [0.717, 1.165) is 0 Å². The number of halogens is 1. The molecule has 5 nitrogen and oxygen atoms in total. The van der Waals surface area contributed by atoms with Crippen molar-refractivity contribution in [2.45, 2.75) is 4.90 Å². The van der Waals surface area contributed by atoms with Crippen LogP contribution in [0.2, 0.25) is 0 Å². The number of urea groups is 1. The third-order valence-electron chi connectivity index (χ3n) is 3.69. The molecule has 0 radical (unpaired) electrons. The number of amides is 2. The number of benzene rings is 2. The fraction of sp³-hybridized carbons (Fsp3) is 0.125. The Labute approximate surface area is 134 Å². The van der Waals surface area contributed by atoms with Gasteiger partial charge in [0.2, 0.25) is 0 Å². The van der Waals surface area contributed by atoms with Crippen molar-refractivity contribution < 1.29 is 13.4 Å². The van der Waals surface area contributed by atoms with Crippen LogP contribution in [-0.4, -0.2) is 29.2 Å². The van der Waals surface area contributed by atoms with Crippen molar-refractivity contribution in [3.63, 3.8) is 0 Å². The first kappa shape index (κ1) is 15.5. The van der Waals surface area contributed by atoms with Crippen molar-refractivity contribution in [1.82, 2.24) is 0 Å². The lowest BCUT2D eigenvalue weighted by Crippen LogP contribution is -2.31. The minimum Gasteiger partial charge on any atom is -0.292 e.